The Morgan fingerprint density at radius 3 is 2.08 bits per heavy atom. The predicted octanol–water partition coefficient (Wildman–Crippen LogP) is 3.36. The summed E-state index contributed by atoms with van der Waals surface area (Å²) in [6, 6.07) is 6.08. The van der Waals surface area contributed by atoms with Gasteiger partial charge in [-0.25, -0.2) is 9.59 Å². The Kier molecular flexibility index (Phi) is 11.6. The number of hydrogen-bond donors (Lipinski definition) is 2. The molecule has 0 fully saturated rings. The number of carbonyl (C=O) groups is 2. The molecular weight excluding hydrogens is 554 g/mol. The van der Waals surface area contributed by atoms with Crippen LogP contribution in [-0.4, -0.2) is 76.6 Å². The highest BCUT2D eigenvalue weighted by molar-refractivity contribution is 5.73. The first-order chi connectivity index (χ1) is 18.7. The van der Waals surface area contributed by atoms with Gasteiger partial charge in [0, 0.05) is 56.5 Å². The van der Waals surface area contributed by atoms with Crippen molar-refractivity contribution < 1.29 is 50.9 Å². The average molecular weight is 580 g/mol. The zero-order valence-corrected chi connectivity index (χ0v) is 21.0. The number of nitrogens with zero attached hydrogens (tertiary/aromatic N) is 6. The second kappa shape index (κ2) is 14.4. The van der Waals surface area contributed by atoms with Gasteiger partial charge in [0.1, 0.15) is 0 Å². The average Bonchev–Trinajstić information content (AvgIpc) is 3.48. The van der Waals surface area contributed by atoms with Crippen molar-refractivity contribution in [3.05, 3.63) is 66.0 Å². The number of carboxylic acid groups (broad SMARTS) is 2. The molecule has 0 amide bonds. The van der Waals surface area contributed by atoms with E-state index in [4.69, 9.17) is 24.5 Å². The summed E-state index contributed by atoms with van der Waals surface area (Å²) in [6.07, 6.45) is -0.531. The summed E-state index contributed by atoms with van der Waals surface area (Å²) in [6.45, 7) is 6.96. The fraction of sp³-hybridized carbons (Fsp3) is 0.435. The first kappa shape index (κ1) is 32.2. The fourth-order valence-corrected chi connectivity index (χ4v) is 3.33. The number of carboxylic acids is 2. The highest BCUT2D eigenvalue weighted by Crippen LogP contribution is 2.18. The normalized spacial score (nSPS) is 15.5. The predicted molar refractivity (Wildman–Crippen MR) is 124 cm³/mol. The van der Waals surface area contributed by atoms with Crippen LogP contribution in [0.2, 0.25) is 0 Å². The van der Waals surface area contributed by atoms with Gasteiger partial charge in [-0.05, 0) is 30.7 Å². The van der Waals surface area contributed by atoms with Crippen molar-refractivity contribution in [3.8, 4) is 0 Å². The van der Waals surface area contributed by atoms with Gasteiger partial charge in [-0.2, -0.15) is 36.5 Å². The number of halogens is 6. The molecule has 0 radical (unpaired) electrons. The molecule has 1 aliphatic heterocycles. The molecule has 1 unspecified atom stereocenters. The number of alkyl halides is 6. The Balaban J connectivity index is 0.000000333. The lowest BCUT2D eigenvalue weighted by Gasteiger charge is -2.23. The van der Waals surface area contributed by atoms with Crippen LogP contribution in [0.5, 0.6) is 0 Å². The van der Waals surface area contributed by atoms with Gasteiger partial charge in [0.15, 0.2) is 0 Å². The van der Waals surface area contributed by atoms with E-state index in [1.165, 1.54) is 11.3 Å². The minimum Gasteiger partial charge on any atom is -0.475 e. The van der Waals surface area contributed by atoms with Crippen LogP contribution in [0.25, 0.3) is 0 Å². The topological polar surface area (TPSA) is 136 Å². The van der Waals surface area contributed by atoms with Crippen LogP contribution in [0.4, 0.5) is 26.3 Å². The Hall–Kier alpha value is -3.99. The number of hydrogen-bond acceptors (Lipinski definition) is 7. The number of aryl methyl sites for hydroxylation is 1. The van der Waals surface area contributed by atoms with Crippen molar-refractivity contribution in [1.82, 2.24) is 29.4 Å². The van der Waals surface area contributed by atoms with Gasteiger partial charge in [-0.3, -0.25) is 19.2 Å². The van der Waals surface area contributed by atoms with Crippen molar-refractivity contribution >= 4 is 11.9 Å². The number of aromatic nitrogens is 5. The van der Waals surface area contributed by atoms with E-state index >= 15 is 0 Å². The third kappa shape index (κ3) is 11.0. The molecule has 17 heteroatoms. The van der Waals surface area contributed by atoms with Crippen LogP contribution in [0, 0.1) is 0 Å². The van der Waals surface area contributed by atoms with Gasteiger partial charge in [-0.1, -0.05) is 0 Å². The number of fused-ring (bicyclic) bond motifs is 1. The van der Waals surface area contributed by atoms with Crippen molar-refractivity contribution in [2.75, 3.05) is 6.54 Å². The Labute approximate surface area is 223 Å². The number of rotatable bonds is 6. The molecule has 3 aromatic heterocycles. The number of ether oxygens (including phenoxy) is 1. The standard InChI is InChI=1S/C19H24N6O.2C2HF3O2/c1-2-24-11-17(9-22-24)10-23-12-18-5-8-21-25(18)14-19(13-23)26-15-16-3-6-20-7-4-16;2*3-2(4,5)1(6)7/h3-9,11,19H,2,10,12-15H2,1H3;2*(H,6,7). The SMILES string of the molecule is CCn1cc(CN2Cc3ccnn3CC(OCc3ccncc3)C2)cn1.O=C(O)C(F)(F)F.O=C(O)C(F)(F)F. The molecule has 0 aliphatic carbocycles. The third-order valence-electron chi connectivity index (χ3n) is 5.17. The lowest BCUT2D eigenvalue weighted by Crippen LogP contribution is -2.32. The van der Waals surface area contributed by atoms with Gasteiger partial charge in [0.25, 0.3) is 0 Å². The lowest BCUT2D eigenvalue weighted by atomic mass is 10.2. The van der Waals surface area contributed by atoms with Crippen LogP contribution in [0.3, 0.4) is 0 Å². The highest BCUT2D eigenvalue weighted by atomic mass is 19.4. The molecule has 1 aliphatic rings. The lowest BCUT2D eigenvalue weighted by molar-refractivity contribution is -0.193. The second-order valence-corrected chi connectivity index (χ2v) is 8.27. The number of pyridine rings is 1. The maximum absolute atomic E-state index is 10.6. The smallest absolute Gasteiger partial charge is 0.475 e. The van der Waals surface area contributed by atoms with Crippen LogP contribution in [0.1, 0.15) is 23.7 Å². The molecule has 1 atom stereocenters. The summed E-state index contributed by atoms with van der Waals surface area (Å²) in [5.74, 6) is -5.51. The molecule has 4 rings (SSSR count). The van der Waals surface area contributed by atoms with Crippen molar-refractivity contribution in [1.29, 1.82) is 0 Å². The summed E-state index contributed by atoms with van der Waals surface area (Å²) in [5, 5.41) is 23.1. The fourth-order valence-electron chi connectivity index (χ4n) is 3.33. The molecule has 0 saturated carbocycles. The molecule has 0 bridgehead atoms. The van der Waals surface area contributed by atoms with Gasteiger partial charge in [0.2, 0.25) is 0 Å². The van der Waals surface area contributed by atoms with Gasteiger partial charge in [0.05, 0.1) is 31.1 Å². The maximum atomic E-state index is 10.6. The molecular formula is C23H26F6N6O5. The molecule has 0 aromatic carbocycles. The van der Waals surface area contributed by atoms with E-state index < -0.39 is 24.3 Å². The summed E-state index contributed by atoms with van der Waals surface area (Å²) >= 11 is 0. The molecule has 220 valence electrons. The van der Waals surface area contributed by atoms with Crippen LogP contribution in [-0.2, 0) is 47.1 Å². The van der Waals surface area contributed by atoms with E-state index in [2.05, 4.69) is 44.0 Å². The monoisotopic (exact) mass is 580 g/mol. The maximum Gasteiger partial charge on any atom is 0.490 e. The van der Waals surface area contributed by atoms with E-state index in [9.17, 15) is 26.3 Å². The first-order valence-electron chi connectivity index (χ1n) is 11.5. The van der Waals surface area contributed by atoms with E-state index in [1.54, 1.807) is 12.4 Å². The minimum atomic E-state index is -5.08. The quantitative estimate of drug-likeness (QED) is 0.421. The third-order valence-corrected chi connectivity index (χ3v) is 5.17. The Morgan fingerprint density at radius 1 is 0.950 bits per heavy atom. The highest BCUT2D eigenvalue weighted by Gasteiger charge is 2.38. The van der Waals surface area contributed by atoms with Crippen molar-refractivity contribution in [2.45, 2.75) is 58.2 Å². The second-order valence-electron chi connectivity index (χ2n) is 8.27. The summed E-state index contributed by atoms with van der Waals surface area (Å²) in [4.78, 5) is 24.3. The molecule has 40 heavy (non-hydrogen) atoms. The molecule has 3 aromatic rings. The Morgan fingerprint density at radius 2 is 1.55 bits per heavy atom. The van der Waals surface area contributed by atoms with E-state index in [-0.39, 0.29) is 6.10 Å². The zero-order valence-electron chi connectivity index (χ0n) is 21.0. The first-order valence-corrected chi connectivity index (χ1v) is 11.5. The summed E-state index contributed by atoms with van der Waals surface area (Å²) in [5.41, 5.74) is 3.59. The minimum absolute atomic E-state index is 0.0885. The molecule has 2 N–H and O–H groups in total. The molecule has 0 saturated heterocycles. The largest absolute Gasteiger partial charge is 0.490 e. The van der Waals surface area contributed by atoms with Crippen LogP contribution < -0.4 is 0 Å². The van der Waals surface area contributed by atoms with Crippen molar-refractivity contribution in [3.63, 3.8) is 0 Å². The molecule has 11 nitrogen and oxygen atoms in total. The van der Waals surface area contributed by atoms with Crippen LogP contribution in [0.15, 0.2) is 49.2 Å². The van der Waals surface area contributed by atoms with E-state index in [0.29, 0.717) is 6.61 Å². The Bertz CT molecular complexity index is 1190. The van der Waals surface area contributed by atoms with Crippen LogP contribution >= 0.6 is 0 Å². The molecule has 0 spiro atoms. The van der Waals surface area contributed by atoms with E-state index in [0.717, 1.165) is 38.3 Å². The van der Waals surface area contributed by atoms with E-state index in [1.807, 2.05) is 29.2 Å². The summed E-state index contributed by atoms with van der Waals surface area (Å²) in [7, 11) is 0. The van der Waals surface area contributed by atoms with Crippen molar-refractivity contribution in [2.24, 2.45) is 0 Å². The molecule has 4 heterocycles. The van der Waals surface area contributed by atoms with Gasteiger partial charge in [-0.15, -0.1) is 0 Å². The zero-order chi connectivity index (χ0) is 29.9. The summed E-state index contributed by atoms with van der Waals surface area (Å²) < 4.78 is 73.7. The number of aliphatic carboxylic acids is 2. The van der Waals surface area contributed by atoms with Gasteiger partial charge >= 0.3 is 24.3 Å². The van der Waals surface area contributed by atoms with Gasteiger partial charge < -0.3 is 14.9 Å².